The van der Waals surface area contributed by atoms with E-state index in [2.05, 4.69) is 4.99 Å². The van der Waals surface area contributed by atoms with Gasteiger partial charge in [0.15, 0.2) is 0 Å². The summed E-state index contributed by atoms with van der Waals surface area (Å²) in [6, 6.07) is 6.71. The van der Waals surface area contributed by atoms with E-state index in [1.165, 1.54) is 6.21 Å². The zero-order chi connectivity index (χ0) is 16.3. The molecule has 0 aliphatic heterocycles. The first kappa shape index (κ1) is 16.1. The van der Waals surface area contributed by atoms with Gasteiger partial charge in [-0.25, -0.2) is 0 Å². The van der Waals surface area contributed by atoms with Crippen molar-refractivity contribution >= 4 is 6.21 Å². The molecule has 1 unspecified atom stereocenters. The van der Waals surface area contributed by atoms with Crippen molar-refractivity contribution in [1.29, 1.82) is 0 Å². The summed E-state index contributed by atoms with van der Waals surface area (Å²) in [6.45, 7) is 5.50. The number of benzene rings is 1. The van der Waals surface area contributed by atoms with Crippen LogP contribution in [0.1, 0.15) is 29.6 Å². The Hall–Kier alpha value is -2.27. The summed E-state index contributed by atoms with van der Waals surface area (Å²) in [5, 5.41) is 20.4. The minimum absolute atomic E-state index is 0.111. The maximum Gasteiger partial charge on any atom is 0.124 e. The van der Waals surface area contributed by atoms with Crippen LogP contribution in [-0.4, -0.2) is 30.1 Å². The number of hydrogen-bond acceptors (Lipinski definition) is 5. The third-order valence-electron chi connectivity index (χ3n) is 3.49. The molecule has 2 N–H and O–H groups in total. The Kier molecular flexibility index (Phi) is 4.56. The molecule has 0 amide bonds. The van der Waals surface area contributed by atoms with Gasteiger partial charge in [-0.15, -0.1) is 0 Å². The SMILES string of the molecule is COc1ccc(O)c(C=NCC(C)(O)c2cc(C)oc2C)c1. The molecule has 0 aliphatic rings. The second-order valence-electron chi connectivity index (χ2n) is 5.50. The molecule has 2 rings (SSSR count). The number of ether oxygens (including phenoxy) is 1. The Balaban J connectivity index is 2.16. The van der Waals surface area contributed by atoms with E-state index >= 15 is 0 Å². The van der Waals surface area contributed by atoms with Gasteiger partial charge in [-0.3, -0.25) is 4.99 Å². The van der Waals surface area contributed by atoms with Gasteiger partial charge < -0.3 is 19.4 Å². The van der Waals surface area contributed by atoms with Gasteiger partial charge in [0, 0.05) is 17.3 Å². The van der Waals surface area contributed by atoms with E-state index in [1.807, 2.05) is 19.9 Å². The highest BCUT2D eigenvalue weighted by Gasteiger charge is 2.27. The molecule has 0 radical (unpaired) electrons. The smallest absolute Gasteiger partial charge is 0.124 e. The molecule has 1 heterocycles. The number of methoxy groups -OCH3 is 1. The summed E-state index contributed by atoms with van der Waals surface area (Å²) in [5.74, 6) is 2.18. The standard InChI is InChI=1S/C17H21NO4/c1-11-7-15(12(2)22-11)17(3,20)10-18-9-13-8-14(21-4)5-6-16(13)19/h5-9,19-20H,10H2,1-4H3. The highest BCUT2D eigenvalue weighted by atomic mass is 16.5. The minimum atomic E-state index is -1.13. The molecule has 5 nitrogen and oxygen atoms in total. The number of phenolic OH excluding ortho intramolecular Hbond substituents is 1. The highest BCUT2D eigenvalue weighted by Crippen LogP contribution is 2.27. The van der Waals surface area contributed by atoms with Crippen molar-refractivity contribution < 1.29 is 19.4 Å². The number of nitrogens with zero attached hydrogens (tertiary/aromatic N) is 1. The summed E-state index contributed by atoms with van der Waals surface area (Å²) in [6.07, 6.45) is 1.52. The normalized spacial score (nSPS) is 14.2. The zero-order valence-corrected chi connectivity index (χ0v) is 13.3. The van der Waals surface area contributed by atoms with Gasteiger partial charge in [-0.1, -0.05) is 0 Å². The van der Waals surface area contributed by atoms with Crippen molar-refractivity contribution in [2.45, 2.75) is 26.4 Å². The summed E-state index contributed by atoms with van der Waals surface area (Å²) >= 11 is 0. The molecule has 22 heavy (non-hydrogen) atoms. The summed E-state index contributed by atoms with van der Waals surface area (Å²) in [5.41, 5.74) is 0.125. The third kappa shape index (κ3) is 3.49. The van der Waals surface area contributed by atoms with E-state index in [4.69, 9.17) is 9.15 Å². The predicted octanol–water partition coefficient (Wildman–Crippen LogP) is 2.94. The number of aromatic hydroxyl groups is 1. The molecule has 0 saturated heterocycles. The van der Waals surface area contributed by atoms with E-state index in [0.717, 1.165) is 11.3 Å². The Morgan fingerprint density at radius 2 is 2.05 bits per heavy atom. The van der Waals surface area contributed by atoms with E-state index < -0.39 is 5.60 Å². The van der Waals surface area contributed by atoms with Crippen molar-refractivity contribution in [3.8, 4) is 11.5 Å². The number of furan rings is 1. The topological polar surface area (TPSA) is 75.2 Å². The lowest BCUT2D eigenvalue weighted by molar-refractivity contribution is 0.0660. The lowest BCUT2D eigenvalue weighted by Gasteiger charge is -2.20. The molecular weight excluding hydrogens is 282 g/mol. The van der Waals surface area contributed by atoms with Crippen LogP contribution in [0.25, 0.3) is 0 Å². The first-order valence-corrected chi connectivity index (χ1v) is 7.00. The molecule has 2 aromatic rings. The van der Waals surface area contributed by atoms with Crippen LogP contribution in [0.3, 0.4) is 0 Å². The van der Waals surface area contributed by atoms with Crippen molar-refractivity contribution in [1.82, 2.24) is 0 Å². The fourth-order valence-corrected chi connectivity index (χ4v) is 2.34. The van der Waals surface area contributed by atoms with Gasteiger partial charge in [0.1, 0.15) is 28.6 Å². The molecule has 0 fully saturated rings. The minimum Gasteiger partial charge on any atom is -0.507 e. The fourth-order valence-electron chi connectivity index (χ4n) is 2.34. The first-order chi connectivity index (χ1) is 10.3. The molecule has 1 atom stereocenters. The van der Waals surface area contributed by atoms with Crippen molar-refractivity contribution in [2.24, 2.45) is 4.99 Å². The van der Waals surface area contributed by atoms with Crippen LogP contribution in [0.5, 0.6) is 11.5 Å². The number of aliphatic hydroxyl groups is 1. The van der Waals surface area contributed by atoms with E-state index in [9.17, 15) is 10.2 Å². The molecule has 0 bridgehead atoms. The van der Waals surface area contributed by atoms with Gasteiger partial charge in [0.05, 0.1) is 13.7 Å². The van der Waals surface area contributed by atoms with Gasteiger partial charge in [-0.2, -0.15) is 0 Å². The molecule has 118 valence electrons. The Bertz CT molecular complexity index is 686. The van der Waals surface area contributed by atoms with Crippen LogP contribution in [0.15, 0.2) is 33.7 Å². The second-order valence-corrected chi connectivity index (χ2v) is 5.50. The average Bonchev–Trinajstić information content (AvgIpc) is 2.80. The molecule has 1 aromatic carbocycles. The fraction of sp³-hybridized carbons (Fsp3) is 0.353. The maximum absolute atomic E-state index is 10.6. The summed E-state index contributed by atoms with van der Waals surface area (Å²) in [7, 11) is 1.56. The average molecular weight is 303 g/mol. The van der Waals surface area contributed by atoms with Gasteiger partial charge in [0.25, 0.3) is 0 Å². The van der Waals surface area contributed by atoms with Crippen molar-refractivity contribution in [3.63, 3.8) is 0 Å². The van der Waals surface area contributed by atoms with E-state index in [1.54, 1.807) is 32.2 Å². The van der Waals surface area contributed by atoms with Crippen molar-refractivity contribution in [3.05, 3.63) is 46.9 Å². The van der Waals surface area contributed by atoms with Gasteiger partial charge in [0.2, 0.25) is 0 Å². The van der Waals surface area contributed by atoms with Crippen molar-refractivity contribution in [2.75, 3.05) is 13.7 Å². The molecule has 0 saturated carbocycles. The van der Waals surface area contributed by atoms with Crippen LogP contribution >= 0.6 is 0 Å². The van der Waals surface area contributed by atoms with Crippen LogP contribution in [0.4, 0.5) is 0 Å². The van der Waals surface area contributed by atoms with E-state index in [-0.39, 0.29) is 12.3 Å². The van der Waals surface area contributed by atoms with E-state index in [0.29, 0.717) is 17.1 Å². The second kappa shape index (κ2) is 6.23. The van der Waals surface area contributed by atoms with Crippen LogP contribution in [-0.2, 0) is 5.60 Å². The monoisotopic (exact) mass is 303 g/mol. The van der Waals surface area contributed by atoms with Crippen LogP contribution < -0.4 is 4.74 Å². The molecular formula is C17H21NO4. The Morgan fingerprint density at radius 3 is 2.64 bits per heavy atom. The maximum atomic E-state index is 10.6. The number of phenols is 1. The zero-order valence-electron chi connectivity index (χ0n) is 13.3. The quantitative estimate of drug-likeness (QED) is 0.833. The van der Waals surface area contributed by atoms with Gasteiger partial charge >= 0.3 is 0 Å². The summed E-state index contributed by atoms with van der Waals surface area (Å²) < 4.78 is 10.6. The lowest BCUT2D eigenvalue weighted by Crippen LogP contribution is -2.25. The van der Waals surface area contributed by atoms with Crippen LogP contribution in [0.2, 0.25) is 0 Å². The number of aliphatic imine (C=N–C) groups is 1. The highest BCUT2D eigenvalue weighted by molar-refractivity contribution is 5.84. The largest absolute Gasteiger partial charge is 0.507 e. The molecule has 0 spiro atoms. The molecule has 1 aromatic heterocycles. The molecule has 5 heteroatoms. The van der Waals surface area contributed by atoms with Crippen LogP contribution in [0, 0.1) is 13.8 Å². The Labute approximate surface area is 129 Å². The first-order valence-electron chi connectivity index (χ1n) is 7.00. The lowest BCUT2D eigenvalue weighted by atomic mass is 9.96. The molecule has 0 aliphatic carbocycles. The number of hydrogen-bond donors (Lipinski definition) is 2. The summed E-state index contributed by atoms with van der Waals surface area (Å²) in [4.78, 5) is 4.24. The number of aryl methyl sites for hydroxylation is 2. The van der Waals surface area contributed by atoms with Gasteiger partial charge in [-0.05, 0) is 45.0 Å². The third-order valence-corrected chi connectivity index (χ3v) is 3.49. The predicted molar refractivity (Wildman–Crippen MR) is 84.9 cm³/mol. The Morgan fingerprint density at radius 1 is 1.32 bits per heavy atom. The number of rotatable bonds is 5.